The maximum Gasteiger partial charge on any atom is 0.0822 e. The van der Waals surface area contributed by atoms with Crippen LogP contribution in [0.3, 0.4) is 0 Å². The van der Waals surface area contributed by atoms with Gasteiger partial charge < -0.3 is 14.5 Å². The summed E-state index contributed by atoms with van der Waals surface area (Å²) in [4.78, 5) is 7.88. The van der Waals surface area contributed by atoms with Crippen LogP contribution in [0.4, 0.5) is 0 Å². The number of hydrogen-bond acceptors (Lipinski definition) is 5. The molecule has 0 bridgehead atoms. The Hall–Kier alpha value is -0.950. The van der Waals surface area contributed by atoms with Crippen molar-refractivity contribution < 1.29 is 4.74 Å². The van der Waals surface area contributed by atoms with Gasteiger partial charge in [-0.3, -0.25) is 9.58 Å². The number of rotatable bonds is 8. The Kier molecular flexibility index (Phi) is 8.07. The van der Waals surface area contributed by atoms with Crippen LogP contribution in [0.15, 0.2) is 12.4 Å². The Balaban J connectivity index is 1.22. The van der Waals surface area contributed by atoms with E-state index in [2.05, 4.69) is 57.6 Å². The smallest absolute Gasteiger partial charge is 0.0822 e. The standard InChI is InChI=1S/C25H45N5O/c1-22-6-4-8-27(18-22)10-11-29-14-15-31-25(3,21-29)16-24-17-26-30(20-24)13-12-28-9-5-7-23(2)19-28/h17,20,22-23H,4-16,18-19,21H2,1-3H3/t22-,23+,25?/m0/s1. The molecule has 176 valence electrons. The van der Waals surface area contributed by atoms with E-state index in [0.29, 0.717) is 0 Å². The van der Waals surface area contributed by atoms with Crippen LogP contribution in [-0.2, 0) is 17.7 Å². The molecule has 0 spiro atoms. The lowest BCUT2D eigenvalue weighted by atomic mass is 9.96. The second-order valence-electron chi connectivity index (χ2n) is 11.0. The first-order chi connectivity index (χ1) is 15.0. The molecule has 0 radical (unpaired) electrons. The van der Waals surface area contributed by atoms with Crippen LogP contribution in [-0.4, -0.2) is 95.6 Å². The topological polar surface area (TPSA) is 36.8 Å². The lowest BCUT2D eigenvalue weighted by Crippen LogP contribution is -2.53. The van der Waals surface area contributed by atoms with Crippen LogP contribution in [0.1, 0.15) is 52.0 Å². The molecular weight excluding hydrogens is 386 g/mol. The van der Waals surface area contributed by atoms with E-state index in [0.717, 1.165) is 51.0 Å². The minimum absolute atomic E-state index is 0.108. The molecule has 3 atom stereocenters. The van der Waals surface area contributed by atoms with Crippen LogP contribution in [0.2, 0.25) is 0 Å². The van der Waals surface area contributed by atoms with Crippen LogP contribution in [0.5, 0.6) is 0 Å². The summed E-state index contributed by atoms with van der Waals surface area (Å²) in [5, 5.41) is 4.65. The van der Waals surface area contributed by atoms with Crippen molar-refractivity contribution in [1.82, 2.24) is 24.5 Å². The molecule has 0 N–H and O–H groups in total. The third-order valence-corrected chi connectivity index (χ3v) is 7.54. The maximum atomic E-state index is 6.28. The van der Waals surface area contributed by atoms with Crippen molar-refractivity contribution in [2.45, 2.75) is 65.0 Å². The molecule has 4 rings (SSSR count). The molecule has 0 amide bonds. The number of aromatic nitrogens is 2. The quantitative estimate of drug-likeness (QED) is 0.633. The zero-order valence-corrected chi connectivity index (χ0v) is 20.3. The van der Waals surface area contributed by atoms with E-state index in [-0.39, 0.29) is 5.60 Å². The van der Waals surface area contributed by atoms with Gasteiger partial charge in [-0.25, -0.2) is 0 Å². The van der Waals surface area contributed by atoms with Gasteiger partial charge in [-0.05, 0) is 63.1 Å². The van der Waals surface area contributed by atoms with E-state index in [1.807, 2.05) is 0 Å². The Morgan fingerprint density at radius 1 is 0.935 bits per heavy atom. The highest BCUT2D eigenvalue weighted by atomic mass is 16.5. The van der Waals surface area contributed by atoms with Crippen molar-refractivity contribution >= 4 is 0 Å². The summed E-state index contributed by atoms with van der Waals surface area (Å²) in [5.74, 6) is 1.70. The molecule has 3 fully saturated rings. The Labute approximate surface area is 189 Å². The average Bonchev–Trinajstić information content (AvgIpc) is 3.17. The van der Waals surface area contributed by atoms with E-state index in [1.165, 1.54) is 70.5 Å². The fourth-order valence-electron chi connectivity index (χ4n) is 5.87. The van der Waals surface area contributed by atoms with Gasteiger partial charge >= 0.3 is 0 Å². The van der Waals surface area contributed by atoms with Gasteiger partial charge in [0.05, 0.1) is 24.9 Å². The SMILES string of the molecule is C[C@@H]1CCCN(CCn2cc(CC3(C)CN(CCN4CCC[C@H](C)C4)CCO3)cn2)C1. The summed E-state index contributed by atoms with van der Waals surface area (Å²) in [6, 6.07) is 0. The summed E-state index contributed by atoms with van der Waals surface area (Å²) >= 11 is 0. The molecule has 0 saturated carbocycles. The van der Waals surface area contributed by atoms with Crippen molar-refractivity contribution in [1.29, 1.82) is 0 Å². The summed E-state index contributed by atoms with van der Waals surface area (Å²) in [5.41, 5.74) is 1.20. The van der Waals surface area contributed by atoms with E-state index >= 15 is 0 Å². The number of likely N-dealkylation sites (tertiary alicyclic amines) is 2. The largest absolute Gasteiger partial charge is 0.372 e. The Morgan fingerprint density at radius 3 is 2.26 bits per heavy atom. The molecule has 3 aliphatic rings. The zero-order chi connectivity index (χ0) is 21.7. The highest BCUT2D eigenvalue weighted by Crippen LogP contribution is 2.23. The highest BCUT2D eigenvalue weighted by molar-refractivity contribution is 5.09. The molecule has 1 aromatic rings. The predicted molar refractivity (Wildman–Crippen MR) is 126 cm³/mol. The molecule has 3 aliphatic heterocycles. The molecule has 3 saturated heterocycles. The molecule has 31 heavy (non-hydrogen) atoms. The van der Waals surface area contributed by atoms with Crippen LogP contribution < -0.4 is 0 Å². The van der Waals surface area contributed by atoms with Gasteiger partial charge in [-0.2, -0.15) is 5.10 Å². The second kappa shape index (κ2) is 10.8. The molecule has 4 heterocycles. The first kappa shape index (κ1) is 23.2. The molecular formula is C25H45N5O. The molecule has 0 aromatic carbocycles. The Morgan fingerprint density at radius 2 is 1.58 bits per heavy atom. The first-order valence-electron chi connectivity index (χ1n) is 12.8. The molecule has 6 nitrogen and oxygen atoms in total. The van der Waals surface area contributed by atoms with Gasteiger partial charge in [-0.1, -0.05) is 13.8 Å². The van der Waals surface area contributed by atoms with Gasteiger partial charge in [0.15, 0.2) is 0 Å². The van der Waals surface area contributed by atoms with Crippen LogP contribution in [0.25, 0.3) is 0 Å². The number of piperidine rings is 2. The van der Waals surface area contributed by atoms with E-state index in [1.54, 1.807) is 0 Å². The third kappa shape index (κ3) is 7.01. The first-order valence-corrected chi connectivity index (χ1v) is 12.8. The molecule has 1 unspecified atom stereocenters. The average molecular weight is 432 g/mol. The van der Waals surface area contributed by atoms with E-state index < -0.39 is 0 Å². The Bertz CT molecular complexity index is 679. The van der Waals surface area contributed by atoms with E-state index in [9.17, 15) is 0 Å². The minimum Gasteiger partial charge on any atom is -0.372 e. The zero-order valence-electron chi connectivity index (χ0n) is 20.3. The van der Waals surface area contributed by atoms with Crippen molar-refractivity contribution in [2.24, 2.45) is 11.8 Å². The summed E-state index contributed by atoms with van der Waals surface area (Å²) < 4.78 is 8.42. The second-order valence-corrected chi connectivity index (χ2v) is 11.0. The minimum atomic E-state index is -0.108. The number of ether oxygens (including phenoxy) is 1. The number of morpholine rings is 1. The summed E-state index contributed by atoms with van der Waals surface area (Å²) in [6.07, 6.45) is 10.7. The lowest BCUT2D eigenvalue weighted by Gasteiger charge is -2.41. The fourth-order valence-corrected chi connectivity index (χ4v) is 5.87. The normalized spacial score (nSPS) is 31.8. The monoisotopic (exact) mass is 431 g/mol. The van der Waals surface area contributed by atoms with Gasteiger partial charge in [0, 0.05) is 58.4 Å². The number of hydrogen-bond donors (Lipinski definition) is 0. The summed E-state index contributed by atoms with van der Waals surface area (Å²) in [7, 11) is 0. The van der Waals surface area contributed by atoms with Crippen molar-refractivity contribution in [3.05, 3.63) is 18.0 Å². The van der Waals surface area contributed by atoms with Crippen LogP contribution >= 0.6 is 0 Å². The third-order valence-electron chi connectivity index (χ3n) is 7.54. The van der Waals surface area contributed by atoms with Gasteiger partial charge in [-0.15, -0.1) is 0 Å². The molecule has 6 heteroatoms. The number of nitrogens with zero attached hydrogens (tertiary/aromatic N) is 5. The van der Waals surface area contributed by atoms with E-state index in [4.69, 9.17) is 4.74 Å². The molecule has 1 aromatic heterocycles. The van der Waals surface area contributed by atoms with Crippen molar-refractivity contribution in [3.8, 4) is 0 Å². The predicted octanol–water partition coefficient (Wildman–Crippen LogP) is 2.98. The van der Waals surface area contributed by atoms with Gasteiger partial charge in [0.1, 0.15) is 0 Å². The molecule has 0 aliphatic carbocycles. The fraction of sp³-hybridized carbons (Fsp3) is 0.880. The van der Waals surface area contributed by atoms with Gasteiger partial charge in [0.2, 0.25) is 0 Å². The van der Waals surface area contributed by atoms with Crippen molar-refractivity contribution in [2.75, 3.05) is 65.5 Å². The van der Waals surface area contributed by atoms with Crippen LogP contribution in [0, 0.1) is 11.8 Å². The van der Waals surface area contributed by atoms with Gasteiger partial charge in [0.25, 0.3) is 0 Å². The lowest BCUT2D eigenvalue weighted by molar-refractivity contribution is -0.0982. The highest BCUT2D eigenvalue weighted by Gasteiger charge is 2.33. The maximum absolute atomic E-state index is 6.28. The summed E-state index contributed by atoms with van der Waals surface area (Å²) in [6.45, 7) is 19.5. The van der Waals surface area contributed by atoms with Crippen molar-refractivity contribution in [3.63, 3.8) is 0 Å².